The highest BCUT2D eigenvalue weighted by Gasteiger charge is 2.11. The van der Waals surface area contributed by atoms with Crippen LogP contribution in [0.5, 0.6) is 11.5 Å². The van der Waals surface area contributed by atoms with Crippen molar-refractivity contribution in [2.75, 3.05) is 12.4 Å². The topological polar surface area (TPSA) is 81.1 Å². The number of nitrogens with zero attached hydrogens (tertiary/aromatic N) is 3. The van der Waals surface area contributed by atoms with Crippen molar-refractivity contribution in [3.05, 3.63) is 72.1 Å². The summed E-state index contributed by atoms with van der Waals surface area (Å²) in [4.78, 5) is 20.6. The summed E-state index contributed by atoms with van der Waals surface area (Å²) in [6, 6.07) is 17.4. The Kier molecular flexibility index (Phi) is 5.58. The number of imidazole rings is 1. The van der Waals surface area contributed by atoms with Crippen molar-refractivity contribution in [2.45, 2.75) is 19.8 Å². The van der Waals surface area contributed by atoms with E-state index < -0.39 is 0 Å². The van der Waals surface area contributed by atoms with E-state index in [1.807, 2.05) is 41.9 Å². The summed E-state index contributed by atoms with van der Waals surface area (Å²) in [5.74, 6) is 2.11. The second-order valence-electron chi connectivity index (χ2n) is 7.61. The Morgan fingerprint density at radius 2 is 1.87 bits per heavy atom. The highest BCUT2D eigenvalue weighted by molar-refractivity contribution is 5.92. The lowest BCUT2D eigenvalue weighted by Crippen LogP contribution is -2.18. The molecule has 2 heterocycles. The molecule has 0 fully saturated rings. The van der Waals surface area contributed by atoms with Crippen LogP contribution in [-0.4, -0.2) is 27.5 Å². The van der Waals surface area contributed by atoms with E-state index in [9.17, 15) is 4.79 Å². The van der Waals surface area contributed by atoms with Crippen LogP contribution in [0, 0.1) is 0 Å². The molecule has 0 saturated carbocycles. The van der Waals surface area contributed by atoms with Crippen molar-refractivity contribution in [3.63, 3.8) is 0 Å². The Balaban J connectivity index is 1.59. The van der Waals surface area contributed by atoms with Crippen molar-refractivity contribution in [1.82, 2.24) is 19.9 Å². The number of nitrogens with one attached hydrogen (secondary N) is 2. The van der Waals surface area contributed by atoms with Crippen LogP contribution >= 0.6 is 0 Å². The van der Waals surface area contributed by atoms with E-state index in [1.54, 1.807) is 25.4 Å². The summed E-state index contributed by atoms with van der Waals surface area (Å²) in [6.45, 7) is 4.35. The third kappa shape index (κ3) is 4.35. The number of amides is 1. The molecule has 0 bridgehead atoms. The van der Waals surface area contributed by atoms with Gasteiger partial charge in [0.05, 0.1) is 11.0 Å². The molecule has 0 saturated heterocycles. The second-order valence-corrected chi connectivity index (χ2v) is 7.61. The molecule has 0 aliphatic rings. The predicted molar refractivity (Wildman–Crippen MR) is 122 cm³/mol. The van der Waals surface area contributed by atoms with Crippen molar-refractivity contribution < 1.29 is 9.53 Å². The number of aryl methyl sites for hydroxylation is 1. The Bertz CT molecular complexity index is 1250. The van der Waals surface area contributed by atoms with Crippen molar-refractivity contribution in [1.29, 1.82) is 0 Å². The normalized spacial score (nSPS) is 11.0. The molecule has 2 aromatic heterocycles. The van der Waals surface area contributed by atoms with E-state index in [-0.39, 0.29) is 5.91 Å². The molecule has 0 radical (unpaired) electrons. The second kappa shape index (κ2) is 8.47. The number of pyridine rings is 1. The molecule has 7 nitrogen and oxygen atoms in total. The zero-order chi connectivity index (χ0) is 22.0. The van der Waals surface area contributed by atoms with Gasteiger partial charge >= 0.3 is 0 Å². The van der Waals surface area contributed by atoms with Crippen molar-refractivity contribution in [2.24, 2.45) is 7.05 Å². The van der Waals surface area contributed by atoms with Gasteiger partial charge in [-0.05, 0) is 41.8 Å². The summed E-state index contributed by atoms with van der Waals surface area (Å²) < 4.78 is 7.95. The lowest BCUT2D eigenvalue weighted by Gasteiger charge is -2.10. The summed E-state index contributed by atoms with van der Waals surface area (Å²) in [6.07, 6.45) is 1.55. The molecule has 7 heteroatoms. The monoisotopic (exact) mass is 415 g/mol. The van der Waals surface area contributed by atoms with Gasteiger partial charge in [0.15, 0.2) is 0 Å². The molecule has 0 aliphatic carbocycles. The van der Waals surface area contributed by atoms with Crippen LogP contribution in [0.1, 0.15) is 35.8 Å². The van der Waals surface area contributed by atoms with Crippen LogP contribution in [0.25, 0.3) is 11.0 Å². The Hall–Kier alpha value is -3.87. The molecular formula is C24H25N5O2. The SMILES string of the molecule is CNC(=O)c1cc(Oc2ccc3c(c2)nc(Nc2cccc(C(C)C)c2)n3C)ccn1. The largest absolute Gasteiger partial charge is 0.457 e. The Morgan fingerprint density at radius 1 is 1.06 bits per heavy atom. The molecule has 0 atom stereocenters. The number of carbonyl (C=O) groups excluding carboxylic acids is 1. The maximum atomic E-state index is 11.8. The fourth-order valence-electron chi connectivity index (χ4n) is 3.32. The first-order valence-corrected chi connectivity index (χ1v) is 10.1. The minimum absolute atomic E-state index is 0.261. The average molecular weight is 415 g/mol. The van der Waals surface area contributed by atoms with Gasteiger partial charge in [-0.15, -0.1) is 0 Å². The zero-order valence-corrected chi connectivity index (χ0v) is 18.0. The molecule has 1 amide bonds. The quantitative estimate of drug-likeness (QED) is 0.464. The smallest absolute Gasteiger partial charge is 0.269 e. The van der Waals surface area contributed by atoms with Crippen LogP contribution in [-0.2, 0) is 7.05 Å². The van der Waals surface area contributed by atoms with E-state index in [2.05, 4.69) is 41.6 Å². The molecule has 4 aromatic rings. The van der Waals surface area contributed by atoms with Crippen LogP contribution in [0.4, 0.5) is 11.6 Å². The predicted octanol–water partition coefficient (Wildman–Crippen LogP) is 4.99. The summed E-state index contributed by atoms with van der Waals surface area (Å²) in [7, 11) is 3.54. The minimum atomic E-state index is -0.261. The molecule has 158 valence electrons. The third-order valence-corrected chi connectivity index (χ3v) is 5.09. The van der Waals surface area contributed by atoms with Crippen molar-refractivity contribution in [3.8, 4) is 11.5 Å². The molecule has 2 N–H and O–H groups in total. The van der Waals surface area contributed by atoms with Gasteiger partial charge < -0.3 is 19.9 Å². The van der Waals surface area contributed by atoms with Gasteiger partial charge in [-0.1, -0.05) is 26.0 Å². The lowest BCUT2D eigenvalue weighted by atomic mass is 10.0. The number of benzene rings is 2. The number of hydrogen-bond acceptors (Lipinski definition) is 5. The zero-order valence-electron chi connectivity index (χ0n) is 18.0. The maximum Gasteiger partial charge on any atom is 0.269 e. The summed E-state index contributed by atoms with van der Waals surface area (Å²) in [5.41, 5.74) is 4.36. The molecule has 0 unspecified atom stereocenters. The number of anilines is 2. The van der Waals surface area contributed by atoms with E-state index in [1.165, 1.54) is 5.56 Å². The van der Waals surface area contributed by atoms with Crippen LogP contribution in [0.3, 0.4) is 0 Å². The fourth-order valence-corrected chi connectivity index (χ4v) is 3.32. The van der Waals surface area contributed by atoms with Gasteiger partial charge in [0, 0.05) is 38.1 Å². The number of rotatable bonds is 6. The van der Waals surface area contributed by atoms with Crippen LogP contribution < -0.4 is 15.4 Å². The molecule has 2 aromatic carbocycles. The molecule has 31 heavy (non-hydrogen) atoms. The lowest BCUT2D eigenvalue weighted by molar-refractivity contribution is 0.0958. The van der Waals surface area contributed by atoms with E-state index in [0.29, 0.717) is 23.1 Å². The number of aromatic nitrogens is 3. The summed E-state index contributed by atoms with van der Waals surface area (Å²) >= 11 is 0. The number of fused-ring (bicyclic) bond motifs is 1. The molecule has 4 rings (SSSR count). The summed E-state index contributed by atoms with van der Waals surface area (Å²) in [5, 5.41) is 5.97. The number of hydrogen-bond donors (Lipinski definition) is 2. The Morgan fingerprint density at radius 3 is 2.65 bits per heavy atom. The van der Waals surface area contributed by atoms with Gasteiger partial charge in [-0.3, -0.25) is 9.78 Å². The standard InChI is InChI=1S/C24H25N5O2/c1-15(2)16-6-5-7-17(12-16)27-24-28-20-13-18(8-9-22(20)29(24)4)31-19-10-11-26-21(14-19)23(30)25-3/h5-15H,1-4H3,(H,25,30)(H,27,28). The van der Waals surface area contributed by atoms with E-state index in [0.717, 1.165) is 22.7 Å². The number of carbonyl (C=O) groups is 1. The Labute approximate surface area is 181 Å². The minimum Gasteiger partial charge on any atom is -0.457 e. The molecule has 0 aliphatic heterocycles. The van der Waals surface area contributed by atoms with Crippen LogP contribution in [0.2, 0.25) is 0 Å². The van der Waals surface area contributed by atoms with Gasteiger partial charge in [0.1, 0.15) is 17.2 Å². The first kappa shape index (κ1) is 20.4. The van der Waals surface area contributed by atoms with Crippen molar-refractivity contribution >= 4 is 28.6 Å². The van der Waals surface area contributed by atoms with Gasteiger partial charge in [-0.25, -0.2) is 4.98 Å². The highest BCUT2D eigenvalue weighted by Crippen LogP contribution is 2.28. The number of ether oxygens (including phenoxy) is 1. The third-order valence-electron chi connectivity index (χ3n) is 5.09. The molecular weight excluding hydrogens is 390 g/mol. The first-order chi connectivity index (χ1) is 14.9. The van der Waals surface area contributed by atoms with Gasteiger partial charge in [0.2, 0.25) is 5.95 Å². The van der Waals surface area contributed by atoms with E-state index >= 15 is 0 Å². The highest BCUT2D eigenvalue weighted by atomic mass is 16.5. The van der Waals surface area contributed by atoms with Gasteiger partial charge in [-0.2, -0.15) is 0 Å². The van der Waals surface area contributed by atoms with E-state index in [4.69, 9.17) is 9.72 Å². The van der Waals surface area contributed by atoms with Crippen LogP contribution in [0.15, 0.2) is 60.8 Å². The fraction of sp³-hybridized carbons (Fsp3) is 0.208. The average Bonchev–Trinajstić information content (AvgIpc) is 3.08. The molecule has 0 spiro atoms. The maximum absolute atomic E-state index is 11.8. The first-order valence-electron chi connectivity index (χ1n) is 10.1. The van der Waals surface area contributed by atoms with Gasteiger partial charge in [0.25, 0.3) is 5.91 Å².